The molecule has 1 heterocycles. The molecule has 0 saturated heterocycles. The van der Waals surface area contributed by atoms with Gasteiger partial charge in [0.25, 0.3) is 5.56 Å². The van der Waals surface area contributed by atoms with Gasteiger partial charge >= 0.3 is 0 Å². The first-order valence-corrected chi connectivity index (χ1v) is 4.06. The SMILES string of the molecule is O=c1[nH]cncc1-c1ccccc1F. The molecule has 2 rings (SSSR count). The van der Waals surface area contributed by atoms with E-state index in [1.807, 2.05) is 0 Å². The van der Waals surface area contributed by atoms with Crippen LogP contribution in [-0.4, -0.2) is 9.97 Å². The molecule has 0 fully saturated rings. The highest BCUT2D eigenvalue weighted by Crippen LogP contribution is 2.17. The van der Waals surface area contributed by atoms with Gasteiger partial charge in [-0.05, 0) is 6.07 Å². The van der Waals surface area contributed by atoms with E-state index < -0.39 is 5.82 Å². The number of halogens is 1. The van der Waals surface area contributed by atoms with Crippen molar-refractivity contribution in [2.45, 2.75) is 0 Å². The van der Waals surface area contributed by atoms with Crippen molar-refractivity contribution in [3.63, 3.8) is 0 Å². The molecule has 0 spiro atoms. The number of benzene rings is 1. The second-order valence-electron chi connectivity index (χ2n) is 2.77. The molecule has 0 amide bonds. The molecule has 0 bridgehead atoms. The molecule has 0 radical (unpaired) electrons. The Kier molecular flexibility index (Phi) is 2.10. The smallest absolute Gasteiger partial charge is 0.258 e. The van der Waals surface area contributed by atoms with E-state index in [9.17, 15) is 9.18 Å². The normalized spacial score (nSPS) is 10.1. The number of rotatable bonds is 1. The first-order chi connectivity index (χ1) is 6.79. The molecular weight excluding hydrogens is 183 g/mol. The summed E-state index contributed by atoms with van der Waals surface area (Å²) < 4.78 is 13.3. The molecule has 70 valence electrons. The van der Waals surface area contributed by atoms with E-state index in [0.29, 0.717) is 0 Å². The fourth-order valence-electron chi connectivity index (χ4n) is 1.22. The second kappa shape index (κ2) is 3.41. The number of hydrogen-bond donors (Lipinski definition) is 1. The first-order valence-electron chi connectivity index (χ1n) is 4.06. The second-order valence-corrected chi connectivity index (χ2v) is 2.77. The van der Waals surface area contributed by atoms with Gasteiger partial charge in [0, 0.05) is 11.8 Å². The molecule has 0 aliphatic heterocycles. The third kappa shape index (κ3) is 1.42. The summed E-state index contributed by atoms with van der Waals surface area (Å²) in [5, 5.41) is 0. The Morgan fingerprint density at radius 1 is 1.21 bits per heavy atom. The van der Waals surface area contributed by atoms with Crippen LogP contribution in [0.15, 0.2) is 41.6 Å². The maximum Gasteiger partial charge on any atom is 0.258 e. The summed E-state index contributed by atoms with van der Waals surface area (Å²) in [5.41, 5.74) is 0.164. The van der Waals surface area contributed by atoms with Crippen molar-refractivity contribution in [3.8, 4) is 11.1 Å². The molecule has 0 saturated carbocycles. The fourth-order valence-corrected chi connectivity index (χ4v) is 1.22. The topological polar surface area (TPSA) is 45.8 Å². The van der Waals surface area contributed by atoms with Crippen LogP contribution in [0.4, 0.5) is 4.39 Å². The standard InChI is InChI=1S/C10H7FN2O/c11-9-4-2-1-3-7(9)8-5-12-6-13-10(8)14/h1-6H,(H,12,13,14). The van der Waals surface area contributed by atoms with Crippen LogP contribution in [-0.2, 0) is 0 Å². The summed E-state index contributed by atoms with van der Waals surface area (Å²) >= 11 is 0. The highest BCUT2D eigenvalue weighted by molar-refractivity contribution is 5.61. The van der Waals surface area contributed by atoms with Gasteiger partial charge in [-0.15, -0.1) is 0 Å². The van der Waals surface area contributed by atoms with Gasteiger partial charge < -0.3 is 4.98 Å². The maximum absolute atomic E-state index is 13.3. The predicted octanol–water partition coefficient (Wildman–Crippen LogP) is 1.58. The maximum atomic E-state index is 13.3. The average molecular weight is 190 g/mol. The zero-order valence-corrected chi connectivity index (χ0v) is 7.20. The molecule has 0 atom stereocenters. The molecule has 3 nitrogen and oxygen atoms in total. The van der Waals surface area contributed by atoms with Crippen LogP contribution < -0.4 is 5.56 Å². The van der Waals surface area contributed by atoms with E-state index in [1.165, 1.54) is 18.6 Å². The summed E-state index contributed by atoms with van der Waals surface area (Å²) in [6.07, 6.45) is 2.62. The van der Waals surface area contributed by atoms with E-state index in [0.717, 1.165) is 0 Å². The van der Waals surface area contributed by atoms with Crippen molar-refractivity contribution in [2.75, 3.05) is 0 Å². The highest BCUT2D eigenvalue weighted by Gasteiger charge is 2.06. The van der Waals surface area contributed by atoms with E-state index in [1.54, 1.807) is 18.2 Å². The third-order valence-corrected chi connectivity index (χ3v) is 1.88. The first kappa shape index (κ1) is 8.62. The van der Waals surface area contributed by atoms with Crippen LogP contribution in [0.25, 0.3) is 11.1 Å². The summed E-state index contributed by atoms with van der Waals surface area (Å²) in [6.45, 7) is 0. The molecule has 14 heavy (non-hydrogen) atoms. The van der Waals surface area contributed by atoms with Crippen LogP contribution >= 0.6 is 0 Å². The van der Waals surface area contributed by atoms with E-state index >= 15 is 0 Å². The minimum atomic E-state index is -0.425. The highest BCUT2D eigenvalue weighted by atomic mass is 19.1. The van der Waals surface area contributed by atoms with Crippen molar-refractivity contribution in [3.05, 3.63) is 53.0 Å². The molecule has 4 heteroatoms. The lowest BCUT2D eigenvalue weighted by atomic mass is 10.1. The predicted molar refractivity (Wildman–Crippen MR) is 50.3 cm³/mol. The van der Waals surface area contributed by atoms with Crippen LogP contribution in [0.2, 0.25) is 0 Å². The fraction of sp³-hybridized carbons (Fsp3) is 0. The lowest BCUT2D eigenvalue weighted by molar-refractivity contribution is 0.631. The van der Waals surface area contributed by atoms with Gasteiger partial charge in [-0.3, -0.25) is 4.79 Å². The zero-order valence-electron chi connectivity index (χ0n) is 7.20. The van der Waals surface area contributed by atoms with Crippen LogP contribution in [0, 0.1) is 5.82 Å². The summed E-state index contributed by atoms with van der Waals surface area (Å²) in [6, 6.07) is 6.09. The molecule has 0 aliphatic carbocycles. The van der Waals surface area contributed by atoms with E-state index in [2.05, 4.69) is 9.97 Å². The third-order valence-electron chi connectivity index (χ3n) is 1.88. The van der Waals surface area contributed by atoms with Crippen LogP contribution in [0.1, 0.15) is 0 Å². The summed E-state index contributed by atoms with van der Waals surface area (Å²) in [7, 11) is 0. The molecule has 1 aromatic heterocycles. The number of nitrogens with zero attached hydrogens (tertiary/aromatic N) is 1. The van der Waals surface area contributed by atoms with Crippen molar-refractivity contribution in [1.82, 2.24) is 9.97 Å². The quantitative estimate of drug-likeness (QED) is 0.741. The molecule has 2 aromatic rings. The number of aromatic nitrogens is 2. The van der Waals surface area contributed by atoms with E-state index in [4.69, 9.17) is 0 Å². The Labute approximate surface area is 79.3 Å². The zero-order chi connectivity index (χ0) is 9.97. The lowest BCUT2D eigenvalue weighted by Crippen LogP contribution is -2.09. The van der Waals surface area contributed by atoms with Crippen molar-refractivity contribution < 1.29 is 4.39 Å². The number of hydrogen-bond acceptors (Lipinski definition) is 2. The lowest BCUT2D eigenvalue weighted by Gasteiger charge is -1.99. The summed E-state index contributed by atoms with van der Waals surface area (Å²) in [5.74, 6) is -0.425. The van der Waals surface area contributed by atoms with Gasteiger partial charge in [-0.2, -0.15) is 0 Å². The minimum Gasteiger partial charge on any atom is -0.313 e. The number of H-pyrrole nitrogens is 1. The Morgan fingerprint density at radius 2 is 2.00 bits per heavy atom. The Hall–Kier alpha value is -1.97. The molecule has 1 N–H and O–H groups in total. The molecule has 1 aromatic carbocycles. The number of nitrogens with one attached hydrogen (secondary N) is 1. The minimum absolute atomic E-state index is 0.241. The Balaban J connectivity index is 2.67. The van der Waals surface area contributed by atoms with Gasteiger partial charge in [0.1, 0.15) is 5.82 Å². The van der Waals surface area contributed by atoms with Gasteiger partial charge in [-0.1, -0.05) is 18.2 Å². The Bertz CT molecular complexity index is 507. The van der Waals surface area contributed by atoms with Crippen LogP contribution in [0.3, 0.4) is 0 Å². The van der Waals surface area contributed by atoms with Crippen LogP contribution in [0.5, 0.6) is 0 Å². The largest absolute Gasteiger partial charge is 0.313 e. The monoisotopic (exact) mass is 190 g/mol. The molecular formula is C10H7FN2O. The van der Waals surface area contributed by atoms with E-state index in [-0.39, 0.29) is 16.7 Å². The van der Waals surface area contributed by atoms with Gasteiger partial charge in [0.05, 0.1) is 11.9 Å². The van der Waals surface area contributed by atoms with Gasteiger partial charge in [0.2, 0.25) is 0 Å². The molecule has 0 aliphatic rings. The van der Waals surface area contributed by atoms with Crippen molar-refractivity contribution in [1.29, 1.82) is 0 Å². The summed E-state index contributed by atoms with van der Waals surface area (Å²) in [4.78, 5) is 17.4. The van der Waals surface area contributed by atoms with Gasteiger partial charge in [0.15, 0.2) is 0 Å². The van der Waals surface area contributed by atoms with Crippen molar-refractivity contribution >= 4 is 0 Å². The Morgan fingerprint density at radius 3 is 2.71 bits per heavy atom. The van der Waals surface area contributed by atoms with Gasteiger partial charge in [-0.25, -0.2) is 9.37 Å². The average Bonchev–Trinajstić information content (AvgIpc) is 2.20. The molecule has 0 unspecified atom stereocenters. The number of aromatic amines is 1. The van der Waals surface area contributed by atoms with Crippen molar-refractivity contribution in [2.24, 2.45) is 0 Å².